The van der Waals surface area contributed by atoms with E-state index in [0.717, 1.165) is 18.5 Å². The summed E-state index contributed by atoms with van der Waals surface area (Å²) in [4.78, 5) is 0. The summed E-state index contributed by atoms with van der Waals surface area (Å²) in [5.74, 6) is 0. The Bertz CT molecular complexity index is 270. The summed E-state index contributed by atoms with van der Waals surface area (Å²) in [6.45, 7) is 0.240. The minimum absolute atomic E-state index is 0.00125. The molecule has 3 heteroatoms. The highest BCUT2D eigenvalue weighted by atomic mass is 16.3. The van der Waals surface area contributed by atoms with Crippen molar-refractivity contribution in [3.8, 4) is 0 Å². The first-order valence-corrected chi connectivity index (χ1v) is 4.38. The normalized spacial score (nSPS) is 20.5. The van der Waals surface area contributed by atoms with Gasteiger partial charge in [-0.1, -0.05) is 6.42 Å². The Morgan fingerprint density at radius 2 is 2.42 bits per heavy atom. The van der Waals surface area contributed by atoms with E-state index in [9.17, 15) is 5.11 Å². The van der Waals surface area contributed by atoms with Crippen LogP contribution in [0, 0.1) is 0 Å². The van der Waals surface area contributed by atoms with Crippen LogP contribution in [0.1, 0.15) is 25.0 Å². The van der Waals surface area contributed by atoms with Crippen molar-refractivity contribution in [2.75, 3.05) is 6.61 Å². The maximum absolute atomic E-state index is 9.25. The fourth-order valence-corrected chi connectivity index (χ4v) is 1.80. The second-order valence-corrected chi connectivity index (χ2v) is 3.67. The van der Waals surface area contributed by atoms with E-state index in [2.05, 4.69) is 5.10 Å². The van der Waals surface area contributed by atoms with Crippen molar-refractivity contribution >= 4 is 0 Å². The largest absolute Gasteiger partial charge is 0.395 e. The average Bonchev–Trinajstić information content (AvgIpc) is 2.35. The first-order chi connectivity index (χ1) is 5.77. The minimum atomic E-state index is 0.00125. The molecule has 12 heavy (non-hydrogen) atoms. The van der Waals surface area contributed by atoms with Crippen molar-refractivity contribution in [3.05, 3.63) is 18.0 Å². The van der Waals surface area contributed by atoms with Gasteiger partial charge in [0.25, 0.3) is 0 Å². The van der Waals surface area contributed by atoms with Gasteiger partial charge >= 0.3 is 0 Å². The lowest BCUT2D eigenvalue weighted by atomic mass is 9.67. The van der Waals surface area contributed by atoms with Crippen LogP contribution in [0.2, 0.25) is 0 Å². The second-order valence-electron chi connectivity index (χ2n) is 3.67. The fraction of sp³-hybridized carbons (Fsp3) is 0.667. The number of hydrogen-bond acceptors (Lipinski definition) is 2. The van der Waals surface area contributed by atoms with Gasteiger partial charge in [0, 0.05) is 18.7 Å². The molecule has 0 spiro atoms. The third-order valence-corrected chi connectivity index (χ3v) is 2.87. The zero-order valence-corrected chi connectivity index (χ0v) is 7.32. The van der Waals surface area contributed by atoms with Crippen LogP contribution in [0.15, 0.2) is 12.3 Å². The van der Waals surface area contributed by atoms with Crippen LogP contribution in [-0.4, -0.2) is 21.5 Å². The van der Waals surface area contributed by atoms with E-state index in [-0.39, 0.29) is 12.0 Å². The van der Waals surface area contributed by atoms with Crippen molar-refractivity contribution < 1.29 is 5.11 Å². The van der Waals surface area contributed by atoms with E-state index in [4.69, 9.17) is 0 Å². The van der Waals surface area contributed by atoms with Crippen molar-refractivity contribution in [1.82, 2.24) is 9.78 Å². The number of aromatic nitrogens is 2. The van der Waals surface area contributed by atoms with Crippen LogP contribution in [0.5, 0.6) is 0 Å². The van der Waals surface area contributed by atoms with Gasteiger partial charge in [0.2, 0.25) is 0 Å². The van der Waals surface area contributed by atoms with Gasteiger partial charge in [0.1, 0.15) is 0 Å². The summed E-state index contributed by atoms with van der Waals surface area (Å²) in [5.41, 5.74) is 1.06. The van der Waals surface area contributed by atoms with E-state index in [1.165, 1.54) is 6.42 Å². The Kier molecular flexibility index (Phi) is 1.68. The van der Waals surface area contributed by atoms with E-state index < -0.39 is 0 Å². The van der Waals surface area contributed by atoms with Crippen LogP contribution >= 0.6 is 0 Å². The number of aliphatic hydroxyl groups excluding tert-OH is 1. The molecule has 1 heterocycles. The standard InChI is InChI=1S/C9H14N2O/c1-11-6-3-8(10-11)9(7-12)4-2-5-9/h3,6,12H,2,4-5,7H2,1H3. The molecule has 1 aromatic rings. The SMILES string of the molecule is Cn1ccc(C2(CO)CCC2)n1. The van der Waals surface area contributed by atoms with Crippen molar-refractivity contribution in [2.24, 2.45) is 7.05 Å². The lowest BCUT2D eigenvalue weighted by Gasteiger charge is -2.38. The Hall–Kier alpha value is -0.830. The summed E-state index contributed by atoms with van der Waals surface area (Å²) >= 11 is 0. The summed E-state index contributed by atoms with van der Waals surface area (Å²) < 4.78 is 1.80. The molecule has 0 bridgehead atoms. The quantitative estimate of drug-likeness (QED) is 0.706. The zero-order valence-electron chi connectivity index (χ0n) is 7.32. The van der Waals surface area contributed by atoms with Crippen LogP contribution in [-0.2, 0) is 12.5 Å². The average molecular weight is 166 g/mol. The molecule has 0 unspecified atom stereocenters. The van der Waals surface area contributed by atoms with E-state index >= 15 is 0 Å². The predicted octanol–water partition coefficient (Wildman–Crippen LogP) is 0.834. The number of nitrogens with zero attached hydrogens (tertiary/aromatic N) is 2. The number of rotatable bonds is 2. The van der Waals surface area contributed by atoms with Crippen LogP contribution in [0.25, 0.3) is 0 Å². The van der Waals surface area contributed by atoms with Crippen molar-refractivity contribution in [3.63, 3.8) is 0 Å². The van der Waals surface area contributed by atoms with Gasteiger partial charge in [0.15, 0.2) is 0 Å². The maximum Gasteiger partial charge on any atom is 0.0709 e. The Morgan fingerprint density at radius 1 is 1.67 bits per heavy atom. The van der Waals surface area contributed by atoms with E-state index in [0.29, 0.717) is 0 Å². The molecular weight excluding hydrogens is 152 g/mol. The molecule has 0 atom stereocenters. The molecular formula is C9H14N2O. The smallest absolute Gasteiger partial charge is 0.0709 e. The Labute approximate surface area is 72.0 Å². The topological polar surface area (TPSA) is 38.0 Å². The predicted molar refractivity (Wildman–Crippen MR) is 45.8 cm³/mol. The molecule has 1 aromatic heterocycles. The minimum Gasteiger partial charge on any atom is -0.395 e. The molecule has 0 amide bonds. The molecule has 1 saturated carbocycles. The van der Waals surface area contributed by atoms with E-state index in [1.54, 1.807) is 4.68 Å². The maximum atomic E-state index is 9.25. The van der Waals surface area contributed by atoms with Crippen molar-refractivity contribution in [1.29, 1.82) is 0 Å². The third-order valence-electron chi connectivity index (χ3n) is 2.87. The van der Waals surface area contributed by atoms with Gasteiger partial charge in [0.05, 0.1) is 12.3 Å². The molecule has 1 aliphatic rings. The second kappa shape index (κ2) is 2.59. The van der Waals surface area contributed by atoms with Gasteiger partial charge in [-0.25, -0.2) is 0 Å². The molecule has 0 aliphatic heterocycles. The number of aryl methyl sites for hydroxylation is 1. The highest BCUT2D eigenvalue weighted by Gasteiger charge is 2.39. The van der Waals surface area contributed by atoms with Gasteiger partial charge in [-0.3, -0.25) is 4.68 Å². The van der Waals surface area contributed by atoms with Gasteiger partial charge in [-0.05, 0) is 18.9 Å². The fourth-order valence-electron chi connectivity index (χ4n) is 1.80. The Balaban J connectivity index is 2.27. The van der Waals surface area contributed by atoms with Crippen LogP contribution < -0.4 is 0 Å². The molecule has 2 rings (SSSR count). The summed E-state index contributed by atoms with van der Waals surface area (Å²) in [6.07, 6.45) is 5.32. The molecule has 3 nitrogen and oxygen atoms in total. The van der Waals surface area contributed by atoms with Crippen molar-refractivity contribution in [2.45, 2.75) is 24.7 Å². The van der Waals surface area contributed by atoms with Gasteiger partial charge in [-0.2, -0.15) is 5.10 Å². The summed E-state index contributed by atoms with van der Waals surface area (Å²) in [5, 5.41) is 13.6. The molecule has 0 aromatic carbocycles. The Morgan fingerprint density at radius 3 is 2.75 bits per heavy atom. The van der Waals surface area contributed by atoms with Gasteiger partial charge in [-0.15, -0.1) is 0 Å². The molecule has 0 radical (unpaired) electrons. The number of hydrogen-bond donors (Lipinski definition) is 1. The lowest BCUT2D eigenvalue weighted by molar-refractivity contribution is 0.116. The van der Waals surface area contributed by atoms with Crippen LogP contribution in [0.4, 0.5) is 0 Å². The molecule has 0 saturated heterocycles. The highest BCUT2D eigenvalue weighted by molar-refractivity contribution is 5.19. The molecule has 1 aliphatic carbocycles. The molecule has 66 valence electrons. The summed E-state index contributed by atoms with van der Waals surface area (Å²) in [7, 11) is 1.91. The first kappa shape index (κ1) is 7.80. The molecule has 1 fully saturated rings. The monoisotopic (exact) mass is 166 g/mol. The highest BCUT2D eigenvalue weighted by Crippen LogP contribution is 2.42. The van der Waals surface area contributed by atoms with Gasteiger partial charge < -0.3 is 5.11 Å². The lowest BCUT2D eigenvalue weighted by Crippen LogP contribution is -2.38. The number of aliphatic hydroxyl groups is 1. The first-order valence-electron chi connectivity index (χ1n) is 4.38. The van der Waals surface area contributed by atoms with E-state index in [1.807, 2.05) is 19.3 Å². The third kappa shape index (κ3) is 0.966. The molecule has 1 N–H and O–H groups in total. The van der Waals surface area contributed by atoms with Crippen LogP contribution in [0.3, 0.4) is 0 Å². The summed E-state index contributed by atoms with van der Waals surface area (Å²) in [6, 6.07) is 2.01. The zero-order chi connectivity index (χ0) is 8.60.